The Labute approximate surface area is 127 Å². The first-order valence-corrected chi connectivity index (χ1v) is 7.32. The number of hydrogen-bond acceptors (Lipinski definition) is 2. The Hall–Kier alpha value is -1.87. The van der Waals surface area contributed by atoms with E-state index in [2.05, 4.69) is 16.5 Å². The zero-order valence-corrected chi connectivity index (χ0v) is 12.2. The highest BCUT2D eigenvalue weighted by atomic mass is 35.5. The number of nitrogens with zero attached hydrogens (tertiary/aromatic N) is 2. The van der Waals surface area contributed by atoms with Crippen LogP contribution in [0.4, 0.5) is 15.8 Å². The molecule has 0 radical (unpaired) electrons. The molecule has 1 aliphatic heterocycles. The Morgan fingerprint density at radius 1 is 1.29 bits per heavy atom. The zero-order chi connectivity index (χ0) is 14.6. The smallest absolute Gasteiger partial charge is 0.143 e. The molecule has 2 heterocycles. The average Bonchev–Trinajstić information content (AvgIpc) is 2.78. The van der Waals surface area contributed by atoms with Gasteiger partial charge in [0.25, 0.3) is 0 Å². The van der Waals surface area contributed by atoms with Crippen LogP contribution in [0.3, 0.4) is 0 Å². The number of aromatic nitrogens is 1. The number of anilines is 2. The largest absolute Gasteiger partial charge is 0.339 e. The van der Waals surface area contributed by atoms with Gasteiger partial charge in [0.1, 0.15) is 5.82 Å². The summed E-state index contributed by atoms with van der Waals surface area (Å²) in [5.41, 5.74) is 4.29. The van der Waals surface area contributed by atoms with E-state index >= 15 is 0 Å². The van der Waals surface area contributed by atoms with Crippen molar-refractivity contribution in [1.29, 1.82) is 0 Å². The minimum absolute atomic E-state index is 0.0454. The third-order valence-electron chi connectivity index (χ3n) is 4.43. The van der Waals surface area contributed by atoms with Crippen LogP contribution in [0.1, 0.15) is 18.5 Å². The van der Waals surface area contributed by atoms with E-state index in [0.29, 0.717) is 0 Å². The Morgan fingerprint density at radius 2 is 2.10 bits per heavy atom. The summed E-state index contributed by atoms with van der Waals surface area (Å²) < 4.78 is 13.8. The van der Waals surface area contributed by atoms with E-state index in [1.54, 1.807) is 6.07 Å². The molecule has 1 aliphatic carbocycles. The van der Waals surface area contributed by atoms with Crippen molar-refractivity contribution in [2.75, 3.05) is 11.4 Å². The maximum absolute atomic E-state index is 13.8. The normalized spacial score (nSPS) is 18.8. The predicted octanol–water partition coefficient (Wildman–Crippen LogP) is 4.61. The second kappa shape index (κ2) is 4.31. The van der Waals surface area contributed by atoms with Crippen LogP contribution in [0.5, 0.6) is 0 Å². The standard InChI is InChI=1S/C17H14ClFN2/c1-11-8-17(9-11)10-21(15-3-2-6-20-16(15)17)12-4-5-13(18)14(19)7-12/h2-7H,1,8-10H2. The molecular formula is C17H14ClFN2. The molecule has 4 heteroatoms. The number of rotatable bonds is 1. The van der Waals surface area contributed by atoms with Gasteiger partial charge in [-0.05, 0) is 43.2 Å². The summed E-state index contributed by atoms with van der Waals surface area (Å²) in [7, 11) is 0. The van der Waals surface area contributed by atoms with Gasteiger partial charge in [0.05, 0.1) is 16.4 Å². The fourth-order valence-corrected chi connectivity index (χ4v) is 3.67. The summed E-state index contributed by atoms with van der Waals surface area (Å²) in [6.45, 7) is 4.87. The van der Waals surface area contributed by atoms with Crippen molar-refractivity contribution in [3.05, 3.63) is 65.2 Å². The van der Waals surface area contributed by atoms with Crippen molar-refractivity contribution in [1.82, 2.24) is 4.98 Å². The van der Waals surface area contributed by atoms with Gasteiger partial charge in [-0.3, -0.25) is 4.98 Å². The molecule has 2 nitrogen and oxygen atoms in total. The van der Waals surface area contributed by atoms with E-state index in [9.17, 15) is 4.39 Å². The summed E-state index contributed by atoms with van der Waals surface area (Å²) >= 11 is 5.78. The molecule has 1 spiro atoms. The van der Waals surface area contributed by atoms with Gasteiger partial charge in [-0.25, -0.2) is 4.39 Å². The topological polar surface area (TPSA) is 16.1 Å². The Kier molecular flexibility index (Phi) is 2.64. The lowest BCUT2D eigenvalue weighted by Gasteiger charge is -2.40. The lowest BCUT2D eigenvalue weighted by Crippen LogP contribution is -2.40. The second-order valence-electron chi connectivity index (χ2n) is 5.94. The number of halogens is 2. The zero-order valence-electron chi connectivity index (χ0n) is 11.4. The molecule has 0 unspecified atom stereocenters. The van der Waals surface area contributed by atoms with E-state index in [4.69, 9.17) is 11.6 Å². The Balaban J connectivity index is 1.81. The fourth-order valence-electron chi connectivity index (χ4n) is 3.55. The third kappa shape index (κ3) is 1.80. The van der Waals surface area contributed by atoms with E-state index in [1.165, 1.54) is 11.6 Å². The molecule has 2 aliphatic rings. The summed E-state index contributed by atoms with van der Waals surface area (Å²) in [6.07, 6.45) is 3.75. The van der Waals surface area contributed by atoms with Crippen molar-refractivity contribution < 1.29 is 4.39 Å². The molecule has 0 amide bonds. The van der Waals surface area contributed by atoms with E-state index in [0.717, 1.165) is 36.5 Å². The maximum atomic E-state index is 13.8. The molecule has 0 N–H and O–H groups in total. The minimum Gasteiger partial charge on any atom is -0.339 e. The van der Waals surface area contributed by atoms with Crippen molar-refractivity contribution in [3.8, 4) is 0 Å². The minimum atomic E-state index is -0.390. The highest BCUT2D eigenvalue weighted by molar-refractivity contribution is 6.30. The van der Waals surface area contributed by atoms with Gasteiger partial charge in [0.15, 0.2) is 0 Å². The molecule has 4 rings (SSSR count). The number of allylic oxidation sites excluding steroid dienone is 1. The highest BCUT2D eigenvalue weighted by Crippen LogP contribution is 2.55. The first kappa shape index (κ1) is 12.8. The van der Waals surface area contributed by atoms with Gasteiger partial charge >= 0.3 is 0 Å². The summed E-state index contributed by atoms with van der Waals surface area (Å²) in [5.74, 6) is -0.390. The van der Waals surface area contributed by atoms with Crippen LogP contribution < -0.4 is 4.90 Å². The first-order chi connectivity index (χ1) is 10.1. The van der Waals surface area contributed by atoms with Crippen LogP contribution >= 0.6 is 11.6 Å². The van der Waals surface area contributed by atoms with Crippen molar-refractivity contribution in [2.24, 2.45) is 0 Å². The van der Waals surface area contributed by atoms with Gasteiger partial charge in [0, 0.05) is 23.8 Å². The van der Waals surface area contributed by atoms with Gasteiger partial charge in [-0.15, -0.1) is 0 Å². The van der Waals surface area contributed by atoms with Crippen molar-refractivity contribution in [3.63, 3.8) is 0 Å². The molecule has 0 bridgehead atoms. The van der Waals surface area contributed by atoms with Gasteiger partial charge in [-0.1, -0.05) is 23.8 Å². The molecule has 0 atom stereocenters. The molecular weight excluding hydrogens is 287 g/mol. The number of pyridine rings is 1. The van der Waals surface area contributed by atoms with E-state index < -0.39 is 5.82 Å². The van der Waals surface area contributed by atoms with Crippen LogP contribution in [0, 0.1) is 5.82 Å². The SMILES string of the molecule is C=C1CC2(C1)CN(c1ccc(Cl)c(F)c1)c1cccnc12. The summed E-state index contributed by atoms with van der Waals surface area (Å²) in [4.78, 5) is 6.72. The third-order valence-corrected chi connectivity index (χ3v) is 4.74. The fraction of sp³-hybridized carbons (Fsp3) is 0.235. The number of fused-ring (bicyclic) bond motifs is 2. The van der Waals surface area contributed by atoms with Gasteiger partial charge < -0.3 is 4.90 Å². The van der Waals surface area contributed by atoms with E-state index in [1.807, 2.05) is 24.4 Å². The molecule has 1 aromatic carbocycles. The van der Waals surface area contributed by atoms with Gasteiger partial charge in [0.2, 0.25) is 0 Å². The molecule has 106 valence electrons. The van der Waals surface area contributed by atoms with Crippen LogP contribution in [0.2, 0.25) is 5.02 Å². The highest BCUT2D eigenvalue weighted by Gasteiger charge is 2.50. The average molecular weight is 301 g/mol. The Bertz CT molecular complexity index is 748. The lowest BCUT2D eigenvalue weighted by molar-refractivity contribution is 0.351. The van der Waals surface area contributed by atoms with Crippen LogP contribution in [-0.4, -0.2) is 11.5 Å². The maximum Gasteiger partial charge on any atom is 0.143 e. The van der Waals surface area contributed by atoms with Crippen LogP contribution in [0.25, 0.3) is 0 Å². The summed E-state index contributed by atoms with van der Waals surface area (Å²) in [5, 5.41) is 0.149. The molecule has 1 fully saturated rings. The van der Waals surface area contributed by atoms with Crippen molar-refractivity contribution >= 4 is 23.0 Å². The number of benzene rings is 1. The first-order valence-electron chi connectivity index (χ1n) is 6.94. The molecule has 2 aromatic rings. The lowest BCUT2D eigenvalue weighted by atomic mass is 9.65. The molecule has 0 saturated heterocycles. The number of hydrogen-bond donors (Lipinski definition) is 0. The van der Waals surface area contributed by atoms with Crippen LogP contribution in [-0.2, 0) is 5.41 Å². The quantitative estimate of drug-likeness (QED) is 0.715. The molecule has 1 saturated carbocycles. The summed E-state index contributed by atoms with van der Waals surface area (Å²) in [6, 6.07) is 8.92. The Morgan fingerprint density at radius 3 is 2.81 bits per heavy atom. The monoisotopic (exact) mass is 300 g/mol. The van der Waals surface area contributed by atoms with E-state index in [-0.39, 0.29) is 10.4 Å². The second-order valence-corrected chi connectivity index (χ2v) is 6.35. The van der Waals surface area contributed by atoms with Crippen molar-refractivity contribution in [2.45, 2.75) is 18.3 Å². The predicted molar refractivity (Wildman–Crippen MR) is 82.7 cm³/mol. The molecule has 21 heavy (non-hydrogen) atoms. The molecule has 1 aromatic heterocycles. The van der Waals surface area contributed by atoms with Gasteiger partial charge in [-0.2, -0.15) is 0 Å². The van der Waals surface area contributed by atoms with Crippen LogP contribution in [0.15, 0.2) is 48.7 Å².